The SMILES string of the molecule is CC1CCN(C(C)CN=C(N)Nc2ccc(OC(C)C)cc2)CC1. The highest BCUT2D eigenvalue weighted by atomic mass is 16.5. The molecule has 1 heterocycles. The van der Waals surface area contributed by atoms with Crippen molar-refractivity contribution >= 4 is 11.6 Å². The second-order valence-electron chi connectivity index (χ2n) is 7.11. The molecular formula is C19H32N4O. The lowest BCUT2D eigenvalue weighted by Crippen LogP contribution is -2.41. The van der Waals surface area contributed by atoms with Crippen molar-refractivity contribution in [1.29, 1.82) is 0 Å². The van der Waals surface area contributed by atoms with E-state index in [0.717, 1.165) is 23.9 Å². The van der Waals surface area contributed by atoms with Crippen molar-refractivity contribution in [1.82, 2.24) is 4.90 Å². The number of ether oxygens (including phenoxy) is 1. The first-order valence-corrected chi connectivity index (χ1v) is 9.01. The molecule has 24 heavy (non-hydrogen) atoms. The number of hydrogen-bond acceptors (Lipinski definition) is 3. The smallest absolute Gasteiger partial charge is 0.193 e. The molecule has 0 saturated carbocycles. The minimum absolute atomic E-state index is 0.176. The van der Waals surface area contributed by atoms with Crippen molar-refractivity contribution in [2.75, 3.05) is 25.0 Å². The van der Waals surface area contributed by atoms with Crippen LogP contribution in [0, 0.1) is 5.92 Å². The maximum Gasteiger partial charge on any atom is 0.193 e. The van der Waals surface area contributed by atoms with Crippen molar-refractivity contribution in [3.05, 3.63) is 24.3 Å². The Labute approximate surface area is 146 Å². The number of aliphatic imine (C=N–C) groups is 1. The van der Waals surface area contributed by atoms with E-state index in [-0.39, 0.29) is 6.10 Å². The third-order valence-corrected chi connectivity index (χ3v) is 4.47. The minimum Gasteiger partial charge on any atom is -0.491 e. The fourth-order valence-electron chi connectivity index (χ4n) is 2.89. The summed E-state index contributed by atoms with van der Waals surface area (Å²) in [6, 6.07) is 8.21. The van der Waals surface area contributed by atoms with Gasteiger partial charge in [0, 0.05) is 11.7 Å². The third kappa shape index (κ3) is 6.04. The van der Waals surface area contributed by atoms with Crippen LogP contribution in [0.5, 0.6) is 5.75 Å². The Balaban J connectivity index is 1.80. The lowest BCUT2D eigenvalue weighted by molar-refractivity contribution is 0.150. The minimum atomic E-state index is 0.176. The zero-order valence-electron chi connectivity index (χ0n) is 15.5. The summed E-state index contributed by atoms with van der Waals surface area (Å²) in [6.45, 7) is 11.7. The molecule has 0 bridgehead atoms. The molecule has 0 radical (unpaired) electrons. The van der Waals surface area contributed by atoms with Crippen molar-refractivity contribution < 1.29 is 4.74 Å². The molecule has 1 unspecified atom stereocenters. The van der Waals surface area contributed by atoms with Crippen LogP contribution in [-0.2, 0) is 0 Å². The number of nitrogens with two attached hydrogens (primary N) is 1. The zero-order valence-corrected chi connectivity index (χ0v) is 15.5. The molecule has 134 valence electrons. The molecule has 1 aromatic rings. The highest BCUT2D eigenvalue weighted by Gasteiger charge is 2.19. The van der Waals surface area contributed by atoms with Gasteiger partial charge in [0.25, 0.3) is 0 Å². The Hall–Kier alpha value is -1.75. The summed E-state index contributed by atoms with van der Waals surface area (Å²) >= 11 is 0. The molecule has 5 nitrogen and oxygen atoms in total. The van der Waals surface area contributed by atoms with Gasteiger partial charge in [0.05, 0.1) is 12.6 Å². The van der Waals surface area contributed by atoms with Crippen LogP contribution in [0.1, 0.15) is 40.5 Å². The van der Waals surface area contributed by atoms with E-state index in [0.29, 0.717) is 12.0 Å². The highest BCUT2D eigenvalue weighted by Crippen LogP contribution is 2.18. The molecule has 1 aromatic carbocycles. The number of hydrogen-bond donors (Lipinski definition) is 2. The molecule has 0 aromatic heterocycles. The summed E-state index contributed by atoms with van der Waals surface area (Å²) in [6.07, 6.45) is 2.74. The topological polar surface area (TPSA) is 62.9 Å². The van der Waals surface area contributed by atoms with Crippen LogP contribution in [0.3, 0.4) is 0 Å². The Kier molecular flexibility index (Phi) is 6.91. The average Bonchev–Trinajstić information content (AvgIpc) is 2.54. The van der Waals surface area contributed by atoms with Gasteiger partial charge in [0.15, 0.2) is 5.96 Å². The molecular weight excluding hydrogens is 300 g/mol. The molecule has 5 heteroatoms. The maximum absolute atomic E-state index is 6.01. The van der Waals surface area contributed by atoms with Gasteiger partial charge in [-0.15, -0.1) is 0 Å². The summed E-state index contributed by atoms with van der Waals surface area (Å²) in [4.78, 5) is 7.00. The fraction of sp³-hybridized carbons (Fsp3) is 0.632. The van der Waals surface area contributed by atoms with Crippen LogP contribution < -0.4 is 15.8 Å². The van der Waals surface area contributed by atoms with Crippen molar-refractivity contribution in [3.63, 3.8) is 0 Å². The summed E-state index contributed by atoms with van der Waals surface area (Å²) < 4.78 is 5.63. The maximum atomic E-state index is 6.01. The third-order valence-electron chi connectivity index (χ3n) is 4.47. The van der Waals surface area contributed by atoms with E-state index in [1.165, 1.54) is 25.9 Å². The van der Waals surface area contributed by atoms with Crippen molar-refractivity contribution in [3.8, 4) is 5.75 Å². The zero-order chi connectivity index (χ0) is 17.5. The van der Waals surface area contributed by atoms with Gasteiger partial charge in [-0.3, -0.25) is 9.89 Å². The predicted molar refractivity (Wildman–Crippen MR) is 102 cm³/mol. The normalized spacial score (nSPS) is 18.6. The number of rotatable bonds is 6. The predicted octanol–water partition coefficient (Wildman–Crippen LogP) is 3.32. The number of nitrogens with one attached hydrogen (secondary N) is 1. The molecule has 0 amide bonds. The Morgan fingerprint density at radius 1 is 1.25 bits per heavy atom. The van der Waals surface area contributed by atoms with Gasteiger partial charge < -0.3 is 15.8 Å². The molecule has 1 fully saturated rings. The number of benzene rings is 1. The highest BCUT2D eigenvalue weighted by molar-refractivity contribution is 5.92. The molecule has 1 aliphatic rings. The summed E-state index contributed by atoms with van der Waals surface area (Å²) in [7, 11) is 0. The standard InChI is InChI=1S/C19H32N4O/c1-14(2)24-18-7-5-17(6-8-18)22-19(20)21-13-16(4)23-11-9-15(3)10-12-23/h5-8,14-16H,9-13H2,1-4H3,(H3,20,21,22). The first-order valence-electron chi connectivity index (χ1n) is 9.01. The fourth-order valence-corrected chi connectivity index (χ4v) is 2.89. The van der Waals surface area contributed by atoms with Crippen molar-refractivity contribution in [2.24, 2.45) is 16.6 Å². The second kappa shape index (κ2) is 8.92. The van der Waals surface area contributed by atoms with E-state index in [2.05, 4.69) is 29.1 Å². The van der Waals surface area contributed by atoms with E-state index in [4.69, 9.17) is 10.5 Å². The van der Waals surface area contributed by atoms with E-state index in [9.17, 15) is 0 Å². The second-order valence-corrected chi connectivity index (χ2v) is 7.11. The lowest BCUT2D eigenvalue weighted by atomic mass is 9.98. The Morgan fingerprint density at radius 3 is 2.46 bits per heavy atom. The van der Waals surface area contributed by atoms with E-state index < -0.39 is 0 Å². The molecule has 1 atom stereocenters. The molecule has 3 N–H and O–H groups in total. The number of nitrogens with zero attached hydrogens (tertiary/aromatic N) is 2. The first-order chi connectivity index (χ1) is 11.4. The molecule has 2 rings (SSSR count). The number of likely N-dealkylation sites (tertiary alicyclic amines) is 1. The van der Waals surface area contributed by atoms with Crippen LogP contribution >= 0.6 is 0 Å². The van der Waals surface area contributed by atoms with Gasteiger partial charge in [-0.25, -0.2) is 0 Å². The van der Waals surface area contributed by atoms with Crippen LogP contribution in [0.15, 0.2) is 29.3 Å². The largest absolute Gasteiger partial charge is 0.491 e. The number of anilines is 1. The molecule has 1 aliphatic heterocycles. The monoisotopic (exact) mass is 332 g/mol. The first kappa shape index (κ1) is 18.6. The van der Waals surface area contributed by atoms with Crippen LogP contribution in [0.4, 0.5) is 5.69 Å². The Morgan fingerprint density at radius 2 is 1.88 bits per heavy atom. The van der Waals surface area contributed by atoms with Gasteiger partial charge in [0.2, 0.25) is 0 Å². The molecule has 0 aliphatic carbocycles. The summed E-state index contributed by atoms with van der Waals surface area (Å²) in [5.41, 5.74) is 6.94. The van der Waals surface area contributed by atoms with Crippen molar-refractivity contribution in [2.45, 2.75) is 52.7 Å². The van der Waals surface area contributed by atoms with Gasteiger partial charge in [-0.05, 0) is 76.9 Å². The molecule has 1 saturated heterocycles. The average molecular weight is 332 g/mol. The van der Waals surface area contributed by atoms with Crippen LogP contribution in [-0.4, -0.2) is 42.6 Å². The molecule has 0 spiro atoms. The van der Waals surface area contributed by atoms with Gasteiger partial charge in [-0.1, -0.05) is 6.92 Å². The summed E-state index contributed by atoms with van der Waals surface area (Å²) in [5, 5.41) is 3.14. The van der Waals surface area contributed by atoms with Gasteiger partial charge in [0.1, 0.15) is 5.75 Å². The van der Waals surface area contributed by atoms with Crippen LogP contribution in [0.25, 0.3) is 0 Å². The van der Waals surface area contributed by atoms with E-state index in [1.807, 2.05) is 38.1 Å². The van der Waals surface area contributed by atoms with E-state index in [1.54, 1.807) is 0 Å². The number of piperidine rings is 1. The van der Waals surface area contributed by atoms with E-state index >= 15 is 0 Å². The quantitative estimate of drug-likeness (QED) is 0.620. The summed E-state index contributed by atoms with van der Waals surface area (Å²) in [5.74, 6) is 2.18. The lowest BCUT2D eigenvalue weighted by Gasteiger charge is -2.34. The Bertz CT molecular complexity index is 519. The number of guanidine groups is 1. The van der Waals surface area contributed by atoms with Crippen LogP contribution in [0.2, 0.25) is 0 Å². The van der Waals surface area contributed by atoms with Gasteiger partial charge in [-0.2, -0.15) is 0 Å². The van der Waals surface area contributed by atoms with Gasteiger partial charge >= 0.3 is 0 Å².